The van der Waals surface area contributed by atoms with Gasteiger partial charge in [-0.25, -0.2) is 9.97 Å². The molecule has 0 saturated heterocycles. The molecule has 1 aromatic carbocycles. The molecule has 1 aliphatic carbocycles. The first-order valence-corrected chi connectivity index (χ1v) is 5.94. The summed E-state index contributed by atoms with van der Waals surface area (Å²) in [5, 5.41) is 3.31. The van der Waals surface area contributed by atoms with Gasteiger partial charge in [-0.1, -0.05) is 24.3 Å². The van der Waals surface area contributed by atoms with Gasteiger partial charge >= 0.3 is 0 Å². The fourth-order valence-corrected chi connectivity index (χ4v) is 2.29. The number of nitrogens with one attached hydrogen (secondary N) is 1. The number of hydrogen-bond acceptors (Lipinski definition) is 3. The Kier molecular flexibility index (Phi) is 2.52. The van der Waals surface area contributed by atoms with Crippen molar-refractivity contribution in [3.8, 4) is 0 Å². The molecule has 0 radical (unpaired) electrons. The van der Waals surface area contributed by atoms with Gasteiger partial charge in [-0.05, 0) is 30.5 Å². The fraction of sp³-hybridized carbons (Fsp3) is 0.286. The molecule has 0 fully saturated rings. The van der Waals surface area contributed by atoms with E-state index >= 15 is 0 Å². The zero-order chi connectivity index (χ0) is 11.7. The molecule has 1 aromatic heterocycles. The lowest BCUT2D eigenvalue weighted by molar-refractivity contribution is 0.633. The number of benzene rings is 1. The van der Waals surface area contributed by atoms with E-state index in [1.807, 2.05) is 13.0 Å². The maximum absolute atomic E-state index is 4.34. The monoisotopic (exact) mass is 225 g/mol. The van der Waals surface area contributed by atoms with E-state index in [4.69, 9.17) is 0 Å². The summed E-state index contributed by atoms with van der Waals surface area (Å²) in [5.41, 5.74) is 3.94. The molecule has 86 valence electrons. The third kappa shape index (κ3) is 2.00. The van der Waals surface area contributed by atoms with Gasteiger partial charge in [0.15, 0.2) is 0 Å². The highest BCUT2D eigenvalue weighted by Gasteiger charge is 2.24. The summed E-state index contributed by atoms with van der Waals surface area (Å²) in [6.07, 6.45) is 2.95. The number of aromatic nitrogens is 2. The van der Waals surface area contributed by atoms with Crippen LogP contribution in [0.4, 0.5) is 5.95 Å². The largest absolute Gasteiger partial charge is 0.354 e. The summed E-state index contributed by atoms with van der Waals surface area (Å²) in [5.74, 6) is 1.34. The molecule has 1 N–H and O–H groups in total. The van der Waals surface area contributed by atoms with E-state index in [1.54, 1.807) is 6.20 Å². The van der Waals surface area contributed by atoms with Crippen LogP contribution in [0.15, 0.2) is 36.5 Å². The van der Waals surface area contributed by atoms with E-state index in [9.17, 15) is 0 Å². The summed E-state index contributed by atoms with van der Waals surface area (Å²) < 4.78 is 0. The van der Waals surface area contributed by atoms with Crippen molar-refractivity contribution in [2.75, 3.05) is 11.9 Å². The second kappa shape index (κ2) is 4.17. The van der Waals surface area contributed by atoms with Crippen LogP contribution in [-0.2, 0) is 6.42 Å². The molecule has 0 bridgehead atoms. The van der Waals surface area contributed by atoms with Crippen molar-refractivity contribution in [3.63, 3.8) is 0 Å². The average Bonchev–Trinajstić information content (AvgIpc) is 2.30. The molecular formula is C14H15N3. The van der Waals surface area contributed by atoms with E-state index < -0.39 is 0 Å². The van der Waals surface area contributed by atoms with Crippen molar-refractivity contribution in [3.05, 3.63) is 53.3 Å². The van der Waals surface area contributed by atoms with Crippen LogP contribution in [0.2, 0.25) is 0 Å². The lowest BCUT2D eigenvalue weighted by Crippen LogP contribution is -2.24. The minimum atomic E-state index is 0.607. The second-order valence-corrected chi connectivity index (χ2v) is 4.50. The molecule has 0 aliphatic heterocycles. The first kappa shape index (κ1) is 10.3. The molecule has 1 heterocycles. The van der Waals surface area contributed by atoms with Gasteiger partial charge in [0.2, 0.25) is 5.95 Å². The number of anilines is 1. The van der Waals surface area contributed by atoms with Gasteiger partial charge in [0.25, 0.3) is 0 Å². The lowest BCUT2D eigenvalue weighted by Gasteiger charge is -2.30. The van der Waals surface area contributed by atoms with Crippen molar-refractivity contribution in [2.45, 2.75) is 19.3 Å². The smallest absolute Gasteiger partial charge is 0.222 e. The van der Waals surface area contributed by atoms with E-state index in [0.29, 0.717) is 5.92 Å². The molecule has 2 aromatic rings. The van der Waals surface area contributed by atoms with Crippen LogP contribution in [0, 0.1) is 6.92 Å². The third-order valence-corrected chi connectivity index (χ3v) is 3.26. The SMILES string of the molecule is Cc1ccnc(NCC2Cc3ccccc32)n1. The van der Waals surface area contributed by atoms with Crippen LogP contribution >= 0.6 is 0 Å². The topological polar surface area (TPSA) is 37.8 Å². The number of nitrogens with zero attached hydrogens (tertiary/aromatic N) is 2. The van der Waals surface area contributed by atoms with Gasteiger partial charge in [-0.3, -0.25) is 0 Å². The Bertz CT molecular complexity index is 536. The zero-order valence-electron chi connectivity index (χ0n) is 9.85. The molecule has 3 heteroatoms. The van der Waals surface area contributed by atoms with Crippen LogP contribution < -0.4 is 5.32 Å². The first-order valence-electron chi connectivity index (χ1n) is 5.94. The number of fused-ring (bicyclic) bond motifs is 1. The Morgan fingerprint density at radius 3 is 3.00 bits per heavy atom. The summed E-state index contributed by atoms with van der Waals surface area (Å²) in [6, 6.07) is 10.5. The Labute approximate surface area is 101 Å². The summed E-state index contributed by atoms with van der Waals surface area (Å²) in [7, 11) is 0. The van der Waals surface area contributed by atoms with Crippen LogP contribution in [0.3, 0.4) is 0 Å². The molecule has 1 atom stereocenters. The van der Waals surface area contributed by atoms with Crippen LogP contribution in [0.1, 0.15) is 22.7 Å². The van der Waals surface area contributed by atoms with Crippen molar-refractivity contribution in [1.82, 2.24) is 9.97 Å². The molecule has 0 spiro atoms. The minimum Gasteiger partial charge on any atom is -0.354 e. The van der Waals surface area contributed by atoms with Gasteiger partial charge in [0.1, 0.15) is 0 Å². The van der Waals surface area contributed by atoms with Crippen molar-refractivity contribution in [1.29, 1.82) is 0 Å². The summed E-state index contributed by atoms with van der Waals surface area (Å²) >= 11 is 0. The van der Waals surface area contributed by atoms with Gasteiger partial charge in [-0.2, -0.15) is 0 Å². The molecule has 17 heavy (non-hydrogen) atoms. The second-order valence-electron chi connectivity index (χ2n) is 4.50. The molecule has 3 nitrogen and oxygen atoms in total. The number of aryl methyl sites for hydroxylation is 1. The predicted octanol–water partition coefficient (Wildman–Crippen LogP) is 2.54. The molecular weight excluding hydrogens is 210 g/mol. The molecule has 1 aliphatic rings. The lowest BCUT2D eigenvalue weighted by atomic mass is 9.78. The highest BCUT2D eigenvalue weighted by atomic mass is 15.1. The maximum Gasteiger partial charge on any atom is 0.222 e. The quantitative estimate of drug-likeness (QED) is 0.872. The van der Waals surface area contributed by atoms with E-state index in [1.165, 1.54) is 11.1 Å². The van der Waals surface area contributed by atoms with Crippen molar-refractivity contribution in [2.24, 2.45) is 0 Å². The van der Waals surface area contributed by atoms with Crippen LogP contribution in [-0.4, -0.2) is 16.5 Å². The van der Waals surface area contributed by atoms with Crippen LogP contribution in [0.25, 0.3) is 0 Å². The van der Waals surface area contributed by atoms with Gasteiger partial charge in [0, 0.05) is 24.4 Å². The zero-order valence-corrected chi connectivity index (χ0v) is 9.85. The molecule has 3 rings (SSSR count). The van der Waals surface area contributed by atoms with Crippen molar-refractivity contribution >= 4 is 5.95 Å². The normalized spacial score (nSPS) is 17.1. The first-order chi connectivity index (χ1) is 8.33. The Morgan fingerprint density at radius 1 is 1.29 bits per heavy atom. The van der Waals surface area contributed by atoms with E-state index in [-0.39, 0.29) is 0 Å². The van der Waals surface area contributed by atoms with Gasteiger partial charge < -0.3 is 5.32 Å². The van der Waals surface area contributed by atoms with Gasteiger partial charge in [0.05, 0.1) is 0 Å². The van der Waals surface area contributed by atoms with E-state index in [0.717, 1.165) is 24.6 Å². The Morgan fingerprint density at radius 2 is 2.18 bits per heavy atom. The number of rotatable bonds is 3. The summed E-state index contributed by atoms with van der Waals surface area (Å²) in [4.78, 5) is 8.54. The number of hydrogen-bond donors (Lipinski definition) is 1. The minimum absolute atomic E-state index is 0.607. The predicted molar refractivity (Wildman–Crippen MR) is 68.1 cm³/mol. The van der Waals surface area contributed by atoms with Gasteiger partial charge in [-0.15, -0.1) is 0 Å². The third-order valence-electron chi connectivity index (χ3n) is 3.26. The molecule has 1 unspecified atom stereocenters. The molecule has 0 saturated carbocycles. The van der Waals surface area contributed by atoms with E-state index in [2.05, 4.69) is 39.6 Å². The van der Waals surface area contributed by atoms with Crippen molar-refractivity contribution < 1.29 is 0 Å². The standard InChI is InChI=1S/C14H15N3/c1-10-6-7-15-14(17-10)16-9-12-8-11-4-2-3-5-13(11)12/h2-7,12H,8-9H2,1H3,(H,15,16,17). The highest BCUT2D eigenvalue weighted by Crippen LogP contribution is 2.34. The van der Waals surface area contributed by atoms with Crippen LogP contribution in [0.5, 0.6) is 0 Å². The Hall–Kier alpha value is -1.90. The Balaban J connectivity index is 1.64. The maximum atomic E-state index is 4.34. The molecule has 0 amide bonds. The summed E-state index contributed by atoms with van der Waals surface area (Å²) in [6.45, 7) is 2.89. The highest BCUT2D eigenvalue weighted by molar-refractivity contribution is 5.41. The average molecular weight is 225 g/mol. The fourth-order valence-electron chi connectivity index (χ4n) is 2.29.